The van der Waals surface area contributed by atoms with Crippen molar-refractivity contribution in [2.75, 3.05) is 36.6 Å². The van der Waals surface area contributed by atoms with Crippen LogP contribution in [0.25, 0.3) is 0 Å². The first-order valence-corrected chi connectivity index (χ1v) is 11.1. The van der Waals surface area contributed by atoms with Gasteiger partial charge in [-0.05, 0) is 43.2 Å². The van der Waals surface area contributed by atoms with E-state index in [0.29, 0.717) is 34.3 Å². The number of hydrogen-bond donors (Lipinski definition) is 1. The molecule has 0 radical (unpaired) electrons. The standard InChI is InChI=1S/C20H25ClN2O5S/c1-14-7-8-15(21)12-18(14)23(29(4,25)26)11-5-6-20(24)22-17-13-16(27-2)9-10-19(17)28-3/h7-10,12-13H,5-6,11H2,1-4H3,(H,22,24). The van der Waals surface area contributed by atoms with Crippen molar-refractivity contribution in [3.8, 4) is 11.5 Å². The van der Waals surface area contributed by atoms with Gasteiger partial charge in [-0.1, -0.05) is 17.7 Å². The Kier molecular flexibility index (Phi) is 7.75. The smallest absolute Gasteiger partial charge is 0.232 e. The van der Waals surface area contributed by atoms with Crippen LogP contribution in [0.3, 0.4) is 0 Å². The monoisotopic (exact) mass is 440 g/mol. The van der Waals surface area contributed by atoms with Gasteiger partial charge in [0.05, 0.1) is 31.9 Å². The molecule has 0 atom stereocenters. The number of rotatable bonds is 9. The minimum Gasteiger partial charge on any atom is -0.497 e. The van der Waals surface area contributed by atoms with Crippen molar-refractivity contribution in [1.29, 1.82) is 0 Å². The van der Waals surface area contributed by atoms with Crippen LogP contribution in [0.2, 0.25) is 5.02 Å². The number of carbonyl (C=O) groups is 1. The van der Waals surface area contributed by atoms with Gasteiger partial charge in [0.1, 0.15) is 11.5 Å². The van der Waals surface area contributed by atoms with Gasteiger partial charge in [0.25, 0.3) is 0 Å². The molecule has 9 heteroatoms. The van der Waals surface area contributed by atoms with E-state index in [9.17, 15) is 13.2 Å². The maximum Gasteiger partial charge on any atom is 0.232 e. The third kappa shape index (κ3) is 6.27. The molecule has 2 aromatic rings. The molecule has 29 heavy (non-hydrogen) atoms. The number of ether oxygens (including phenoxy) is 2. The third-order valence-electron chi connectivity index (χ3n) is 4.29. The molecule has 158 valence electrons. The number of nitrogens with zero attached hydrogens (tertiary/aromatic N) is 1. The maximum atomic E-state index is 12.4. The molecule has 0 aliphatic heterocycles. The second-order valence-corrected chi connectivity index (χ2v) is 8.83. The molecule has 0 aliphatic rings. The summed E-state index contributed by atoms with van der Waals surface area (Å²) in [7, 11) is -0.486. The van der Waals surface area contributed by atoms with Crippen molar-refractivity contribution in [2.24, 2.45) is 0 Å². The van der Waals surface area contributed by atoms with Gasteiger partial charge < -0.3 is 14.8 Å². The molecule has 0 spiro atoms. The van der Waals surface area contributed by atoms with Crippen LogP contribution in [0.1, 0.15) is 18.4 Å². The number of halogens is 1. The molecule has 0 saturated carbocycles. The highest BCUT2D eigenvalue weighted by Crippen LogP contribution is 2.29. The molecule has 7 nitrogen and oxygen atoms in total. The molecule has 0 unspecified atom stereocenters. The maximum absolute atomic E-state index is 12.4. The zero-order valence-electron chi connectivity index (χ0n) is 16.9. The normalized spacial score (nSPS) is 11.1. The van der Waals surface area contributed by atoms with E-state index in [1.54, 1.807) is 36.4 Å². The fraction of sp³-hybridized carbons (Fsp3) is 0.350. The number of sulfonamides is 1. The Balaban J connectivity index is 2.07. The Bertz CT molecular complexity index is 979. The number of methoxy groups -OCH3 is 2. The van der Waals surface area contributed by atoms with Gasteiger partial charge in [-0.15, -0.1) is 0 Å². The van der Waals surface area contributed by atoms with E-state index in [1.165, 1.54) is 18.5 Å². The number of anilines is 2. The van der Waals surface area contributed by atoms with Gasteiger partial charge in [0, 0.05) is 24.1 Å². The predicted molar refractivity (Wildman–Crippen MR) is 116 cm³/mol. The number of benzene rings is 2. The number of nitrogens with one attached hydrogen (secondary N) is 1. The Morgan fingerprint density at radius 2 is 1.86 bits per heavy atom. The molecule has 0 saturated heterocycles. The first kappa shape index (κ1) is 22.8. The molecule has 0 bridgehead atoms. The second-order valence-electron chi connectivity index (χ2n) is 6.48. The van der Waals surface area contributed by atoms with Crippen LogP contribution in [-0.2, 0) is 14.8 Å². The number of aryl methyl sites for hydroxylation is 1. The van der Waals surface area contributed by atoms with Crippen molar-refractivity contribution < 1.29 is 22.7 Å². The van der Waals surface area contributed by atoms with Crippen LogP contribution in [0.15, 0.2) is 36.4 Å². The SMILES string of the molecule is COc1ccc(OC)c(NC(=O)CCCN(c2cc(Cl)ccc2C)S(C)(=O)=O)c1. The molecule has 1 amide bonds. The lowest BCUT2D eigenvalue weighted by molar-refractivity contribution is -0.116. The van der Waals surface area contributed by atoms with Crippen molar-refractivity contribution in [1.82, 2.24) is 0 Å². The summed E-state index contributed by atoms with van der Waals surface area (Å²) in [5.74, 6) is 0.833. The molecule has 2 rings (SSSR count). The van der Waals surface area contributed by atoms with Crippen molar-refractivity contribution >= 4 is 38.9 Å². The van der Waals surface area contributed by atoms with Gasteiger partial charge in [0.2, 0.25) is 15.9 Å². The van der Waals surface area contributed by atoms with E-state index in [0.717, 1.165) is 11.8 Å². The average molecular weight is 441 g/mol. The predicted octanol–water partition coefficient (Wildman–Crippen LogP) is 3.85. The topological polar surface area (TPSA) is 84.9 Å². The van der Waals surface area contributed by atoms with Gasteiger partial charge in [-0.25, -0.2) is 8.42 Å². The summed E-state index contributed by atoms with van der Waals surface area (Å²) in [5, 5.41) is 3.22. The second kappa shape index (κ2) is 9.84. The summed E-state index contributed by atoms with van der Waals surface area (Å²) in [6, 6.07) is 10.2. The molecule has 0 fully saturated rings. The molecule has 0 aromatic heterocycles. The molecule has 0 aliphatic carbocycles. The van der Waals surface area contributed by atoms with Crippen molar-refractivity contribution in [3.63, 3.8) is 0 Å². The average Bonchev–Trinajstić information content (AvgIpc) is 2.66. The zero-order chi connectivity index (χ0) is 21.6. The summed E-state index contributed by atoms with van der Waals surface area (Å²) in [4.78, 5) is 12.4. The van der Waals surface area contributed by atoms with Crippen LogP contribution in [0.4, 0.5) is 11.4 Å². The Morgan fingerprint density at radius 3 is 2.48 bits per heavy atom. The van der Waals surface area contributed by atoms with Crippen LogP contribution >= 0.6 is 11.6 Å². The van der Waals surface area contributed by atoms with Crippen LogP contribution in [0, 0.1) is 6.92 Å². The number of hydrogen-bond acceptors (Lipinski definition) is 5. The van der Waals surface area contributed by atoms with Gasteiger partial charge in [-0.2, -0.15) is 0 Å². The van der Waals surface area contributed by atoms with E-state index in [1.807, 2.05) is 6.92 Å². The van der Waals surface area contributed by atoms with Gasteiger partial charge in [-0.3, -0.25) is 9.10 Å². The Morgan fingerprint density at radius 1 is 1.14 bits per heavy atom. The Labute approximate surface area is 176 Å². The summed E-state index contributed by atoms with van der Waals surface area (Å²) in [5.41, 5.74) is 1.78. The lowest BCUT2D eigenvalue weighted by Crippen LogP contribution is -2.32. The summed E-state index contributed by atoms with van der Waals surface area (Å²) < 4.78 is 36.2. The van der Waals surface area contributed by atoms with Crippen molar-refractivity contribution in [3.05, 3.63) is 47.0 Å². The minimum absolute atomic E-state index is 0.131. The summed E-state index contributed by atoms with van der Waals surface area (Å²) >= 11 is 6.03. The fourth-order valence-corrected chi connectivity index (χ4v) is 4.00. The van der Waals surface area contributed by atoms with E-state index >= 15 is 0 Å². The van der Waals surface area contributed by atoms with Crippen molar-refractivity contribution in [2.45, 2.75) is 19.8 Å². The summed E-state index contributed by atoms with van der Waals surface area (Å²) in [6.45, 7) is 1.97. The lowest BCUT2D eigenvalue weighted by Gasteiger charge is -2.24. The van der Waals surface area contributed by atoms with Crippen LogP contribution in [0.5, 0.6) is 11.5 Å². The molecular weight excluding hydrogens is 416 g/mol. The summed E-state index contributed by atoms with van der Waals surface area (Å²) in [6.07, 6.45) is 1.59. The highest BCUT2D eigenvalue weighted by molar-refractivity contribution is 7.92. The third-order valence-corrected chi connectivity index (χ3v) is 5.70. The highest BCUT2D eigenvalue weighted by atomic mass is 35.5. The van der Waals surface area contributed by atoms with E-state index < -0.39 is 10.0 Å². The quantitative estimate of drug-likeness (QED) is 0.640. The first-order valence-electron chi connectivity index (χ1n) is 8.91. The van der Waals surface area contributed by atoms with Crippen LogP contribution in [-0.4, -0.2) is 41.3 Å². The molecule has 1 N–H and O–H groups in total. The minimum atomic E-state index is -3.53. The highest BCUT2D eigenvalue weighted by Gasteiger charge is 2.20. The van der Waals surface area contributed by atoms with E-state index in [2.05, 4.69) is 5.32 Å². The van der Waals surface area contributed by atoms with Gasteiger partial charge in [0.15, 0.2) is 0 Å². The zero-order valence-corrected chi connectivity index (χ0v) is 18.4. The molecular formula is C20H25ClN2O5S. The van der Waals surface area contributed by atoms with Crippen LogP contribution < -0.4 is 19.1 Å². The number of amides is 1. The Hall–Kier alpha value is -2.45. The first-order chi connectivity index (χ1) is 13.7. The molecule has 2 aromatic carbocycles. The fourth-order valence-electron chi connectivity index (χ4n) is 2.82. The van der Waals surface area contributed by atoms with E-state index in [-0.39, 0.29) is 18.9 Å². The molecule has 0 heterocycles. The largest absolute Gasteiger partial charge is 0.497 e. The lowest BCUT2D eigenvalue weighted by atomic mass is 10.2. The number of carbonyl (C=O) groups excluding carboxylic acids is 1. The van der Waals surface area contributed by atoms with Gasteiger partial charge >= 0.3 is 0 Å². The van der Waals surface area contributed by atoms with E-state index in [4.69, 9.17) is 21.1 Å².